The second-order valence-electron chi connectivity index (χ2n) is 4.69. The molecule has 3 N–H and O–H groups in total. The molecule has 0 aromatic carbocycles. The molecular weight excluding hydrogens is 277 g/mol. The summed E-state index contributed by atoms with van der Waals surface area (Å²) in [6.07, 6.45) is -4.71. The fourth-order valence-corrected chi connectivity index (χ4v) is 2.17. The van der Waals surface area contributed by atoms with Gasteiger partial charge in [-0.25, -0.2) is 0 Å². The Labute approximate surface area is 103 Å². The van der Waals surface area contributed by atoms with Crippen molar-refractivity contribution in [2.75, 3.05) is 6.54 Å². The van der Waals surface area contributed by atoms with Crippen molar-refractivity contribution in [3.63, 3.8) is 0 Å². The first-order chi connectivity index (χ1) is 7.75. The van der Waals surface area contributed by atoms with Gasteiger partial charge in [-0.3, -0.25) is 4.79 Å². The van der Waals surface area contributed by atoms with E-state index < -0.39 is 40.4 Å². The van der Waals surface area contributed by atoms with Crippen LogP contribution in [0.2, 0.25) is 0 Å². The van der Waals surface area contributed by atoms with Gasteiger partial charge in [0.05, 0.1) is 0 Å². The second-order valence-corrected chi connectivity index (χ2v) is 6.23. The van der Waals surface area contributed by atoms with E-state index in [4.69, 9.17) is 5.11 Å². The highest BCUT2D eigenvalue weighted by atomic mass is 32.2. The van der Waals surface area contributed by atoms with Crippen molar-refractivity contribution in [1.29, 1.82) is 0 Å². The van der Waals surface area contributed by atoms with Crippen molar-refractivity contribution in [3.8, 4) is 0 Å². The summed E-state index contributed by atoms with van der Waals surface area (Å²) in [5, 5.41) is 8.82. The van der Waals surface area contributed by atoms with Gasteiger partial charge in [0, 0.05) is 0 Å². The maximum atomic E-state index is 11.8. The van der Waals surface area contributed by atoms with Crippen LogP contribution in [0.1, 0.15) is 20.8 Å². The normalized spacial score (nSPS) is 15.4. The van der Waals surface area contributed by atoms with Gasteiger partial charge in [-0.05, 0) is 5.41 Å². The molecular formula is C8H15F3N2O4S. The highest BCUT2D eigenvalue weighted by Crippen LogP contribution is 2.20. The van der Waals surface area contributed by atoms with Crippen LogP contribution in [0.5, 0.6) is 0 Å². The minimum Gasteiger partial charge on any atom is -0.480 e. The van der Waals surface area contributed by atoms with Crippen LogP contribution in [-0.2, 0) is 15.0 Å². The fourth-order valence-electron chi connectivity index (χ4n) is 0.971. The van der Waals surface area contributed by atoms with E-state index in [2.05, 4.69) is 0 Å². The van der Waals surface area contributed by atoms with Gasteiger partial charge < -0.3 is 5.11 Å². The topological polar surface area (TPSA) is 95.5 Å². The van der Waals surface area contributed by atoms with Crippen molar-refractivity contribution in [1.82, 2.24) is 9.44 Å². The van der Waals surface area contributed by atoms with Crippen LogP contribution in [0.3, 0.4) is 0 Å². The summed E-state index contributed by atoms with van der Waals surface area (Å²) in [6.45, 7) is 2.56. The Balaban J connectivity index is 4.79. The monoisotopic (exact) mass is 292 g/mol. The molecule has 0 heterocycles. The zero-order chi connectivity index (χ0) is 14.8. The summed E-state index contributed by atoms with van der Waals surface area (Å²) in [6, 6.07) is -1.54. The van der Waals surface area contributed by atoms with Crippen LogP contribution in [0.15, 0.2) is 0 Å². The van der Waals surface area contributed by atoms with Gasteiger partial charge in [0.25, 0.3) is 10.2 Å². The van der Waals surface area contributed by atoms with Gasteiger partial charge in [-0.15, -0.1) is 0 Å². The Kier molecular flexibility index (Phi) is 5.15. The fraction of sp³-hybridized carbons (Fsp3) is 0.875. The molecule has 0 rings (SSSR count). The summed E-state index contributed by atoms with van der Waals surface area (Å²) in [5.74, 6) is -1.47. The molecule has 1 atom stereocenters. The van der Waals surface area contributed by atoms with Crippen LogP contribution in [-0.4, -0.2) is 38.3 Å². The molecule has 0 aliphatic heterocycles. The smallest absolute Gasteiger partial charge is 0.402 e. The number of rotatable bonds is 5. The molecule has 0 spiro atoms. The highest BCUT2D eigenvalue weighted by molar-refractivity contribution is 7.87. The maximum absolute atomic E-state index is 11.8. The molecule has 108 valence electrons. The summed E-state index contributed by atoms with van der Waals surface area (Å²) in [5.41, 5.74) is -0.987. The molecule has 0 amide bonds. The molecule has 0 unspecified atom stereocenters. The van der Waals surface area contributed by atoms with Gasteiger partial charge in [0.1, 0.15) is 12.6 Å². The molecule has 0 fully saturated rings. The molecule has 10 heteroatoms. The molecule has 0 saturated heterocycles. The molecule has 18 heavy (non-hydrogen) atoms. The molecule has 0 aromatic heterocycles. The van der Waals surface area contributed by atoms with Crippen LogP contribution in [0.4, 0.5) is 13.2 Å². The number of aliphatic carboxylic acids is 1. The van der Waals surface area contributed by atoms with E-state index in [1.165, 1.54) is 25.5 Å². The Bertz CT molecular complexity index is 400. The number of halogens is 3. The number of carboxylic acid groups (broad SMARTS) is 1. The molecule has 0 radical (unpaired) electrons. The Morgan fingerprint density at radius 2 is 1.72 bits per heavy atom. The van der Waals surface area contributed by atoms with Gasteiger partial charge >= 0.3 is 12.1 Å². The van der Waals surface area contributed by atoms with Crippen molar-refractivity contribution in [3.05, 3.63) is 0 Å². The van der Waals surface area contributed by atoms with E-state index in [0.717, 1.165) is 0 Å². The largest absolute Gasteiger partial charge is 0.480 e. The summed E-state index contributed by atoms with van der Waals surface area (Å²) in [7, 11) is -4.54. The van der Waals surface area contributed by atoms with Gasteiger partial charge in [-0.1, -0.05) is 20.8 Å². The molecule has 0 bridgehead atoms. The minimum atomic E-state index is -4.71. The van der Waals surface area contributed by atoms with Crippen molar-refractivity contribution < 1.29 is 31.5 Å². The molecule has 0 aliphatic rings. The average Bonchev–Trinajstić information content (AvgIpc) is 2.08. The van der Waals surface area contributed by atoms with E-state index in [1.54, 1.807) is 4.72 Å². The van der Waals surface area contributed by atoms with E-state index in [1.807, 2.05) is 0 Å². The Hall–Kier alpha value is -0.870. The summed E-state index contributed by atoms with van der Waals surface area (Å²) < 4.78 is 60.9. The van der Waals surface area contributed by atoms with Crippen molar-refractivity contribution in [2.45, 2.75) is 33.0 Å². The lowest BCUT2D eigenvalue weighted by atomic mass is 9.88. The van der Waals surface area contributed by atoms with Gasteiger partial charge in [0.2, 0.25) is 0 Å². The highest BCUT2D eigenvalue weighted by Gasteiger charge is 2.36. The third-order valence-electron chi connectivity index (χ3n) is 1.85. The SMILES string of the molecule is CC(C)(C)[C@@H](NS(=O)(=O)NCC(F)(F)F)C(=O)O. The Morgan fingerprint density at radius 3 is 2.00 bits per heavy atom. The van der Waals surface area contributed by atoms with Crippen molar-refractivity contribution in [2.24, 2.45) is 5.41 Å². The third kappa shape index (κ3) is 6.77. The van der Waals surface area contributed by atoms with E-state index >= 15 is 0 Å². The first-order valence-corrected chi connectivity index (χ1v) is 6.29. The second kappa shape index (κ2) is 5.41. The zero-order valence-electron chi connectivity index (χ0n) is 10.00. The predicted molar refractivity (Wildman–Crippen MR) is 57.0 cm³/mol. The first kappa shape index (κ1) is 17.1. The van der Waals surface area contributed by atoms with Gasteiger partial charge in [-0.2, -0.15) is 31.0 Å². The summed E-state index contributed by atoms with van der Waals surface area (Å²) in [4.78, 5) is 10.8. The lowest BCUT2D eigenvalue weighted by Crippen LogP contribution is -2.53. The quantitative estimate of drug-likeness (QED) is 0.686. The standard InChI is InChI=1S/C8H15F3N2O4S/c1-7(2,3)5(6(14)15)13-18(16,17)12-4-8(9,10)11/h5,12-13H,4H2,1-3H3,(H,14,15)/t5-/m0/s1. The minimum absolute atomic E-state index is 0.987. The average molecular weight is 292 g/mol. The molecule has 6 nitrogen and oxygen atoms in total. The van der Waals surface area contributed by atoms with Crippen LogP contribution in [0, 0.1) is 5.41 Å². The lowest BCUT2D eigenvalue weighted by Gasteiger charge is -2.27. The number of alkyl halides is 3. The Morgan fingerprint density at radius 1 is 1.28 bits per heavy atom. The van der Waals surface area contributed by atoms with E-state index in [-0.39, 0.29) is 0 Å². The third-order valence-corrected chi connectivity index (χ3v) is 2.92. The first-order valence-electron chi connectivity index (χ1n) is 4.81. The maximum Gasteiger partial charge on any atom is 0.402 e. The molecule has 0 aliphatic carbocycles. The molecule has 0 saturated carbocycles. The van der Waals surface area contributed by atoms with Gasteiger partial charge in [0.15, 0.2) is 0 Å². The van der Waals surface area contributed by atoms with Crippen LogP contribution in [0.25, 0.3) is 0 Å². The number of nitrogens with one attached hydrogen (secondary N) is 2. The number of carboxylic acids is 1. The van der Waals surface area contributed by atoms with Crippen LogP contribution >= 0.6 is 0 Å². The van der Waals surface area contributed by atoms with E-state index in [9.17, 15) is 26.4 Å². The molecule has 0 aromatic rings. The number of hydrogen-bond acceptors (Lipinski definition) is 3. The predicted octanol–water partition coefficient (Wildman–Crippen LogP) is 0.472. The lowest BCUT2D eigenvalue weighted by molar-refractivity contribution is -0.141. The van der Waals surface area contributed by atoms with Crippen LogP contribution < -0.4 is 9.44 Å². The summed E-state index contributed by atoms with van der Waals surface area (Å²) >= 11 is 0. The zero-order valence-corrected chi connectivity index (χ0v) is 10.8. The van der Waals surface area contributed by atoms with E-state index in [0.29, 0.717) is 0 Å². The number of carbonyl (C=O) groups is 1. The number of hydrogen-bond donors (Lipinski definition) is 3. The van der Waals surface area contributed by atoms with Crippen molar-refractivity contribution >= 4 is 16.2 Å².